The summed E-state index contributed by atoms with van der Waals surface area (Å²) in [4.78, 5) is 30.5. The van der Waals surface area contributed by atoms with Gasteiger partial charge in [-0.05, 0) is 37.2 Å². The minimum atomic E-state index is -0.435. The van der Waals surface area contributed by atoms with Gasteiger partial charge in [-0.2, -0.15) is 23.5 Å². The summed E-state index contributed by atoms with van der Waals surface area (Å²) in [5.41, 5.74) is 0.479. The van der Waals surface area contributed by atoms with Crippen molar-refractivity contribution in [2.24, 2.45) is 11.8 Å². The molecular formula is C22H36Cl2N4O4PtS2. The molecule has 0 atom stereocenters. The molecule has 0 bridgehead atoms. The van der Waals surface area contributed by atoms with Crippen molar-refractivity contribution in [2.45, 2.75) is 54.6 Å². The van der Waals surface area contributed by atoms with Crippen molar-refractivity contribution in [2.75, 3.05) is 23.0 Å². The monoisotopic (exact) mass is 749 g/mol. The Morgan fingerprint density at radius 3 is 1.34 bits per heavy atom. The van der Waals surface area contributed by atoms with Gasteiger partial charge >= 0.3 is 21.1 Å². The van der Waals surface area contributed by atoms with Crippen molar-refractivity contribution in [1.29, 1.82) is 0 Å². The molecule has 2 rings (SSSR count). The zero-order valence-electron chi connectivity index (χ0n) is 20.9. The third-order valence-electron chi connectivity index (χ3n) is 4.02. The molecule has 0 N–H and O–H groups in total. The van der Waals surface area contributed by atoms with Gasteiger partial charge in [0.2, 0.25) is 0 Å². The topological polar surface area (TPSA) is 116 Å². The summed E-state index contributed by atoms with van der Waals surface area (Å²) < 4.78 is 2.39. The second-order valence-electron chi connectivity index (χ2n) is 8.28. The van der Waals surface area contributed by atoms with Crippen molar-refractivity contribution in [3.05, 3.63) is 44.2 Å². The second kappa shape index (κ2) is 20.4. The van der Waals surface area contributed by atoms with Crippen LogP contribution in [0, 0.1) is 25.7 Å². The number of hydrogen-bond donors (Lipinski definition) is 0. The molecule has 0 aliphatic carbocycles. The molecule has 0 unspecified atom stereocenters. The van der Waals surface area contributed by atoms with Crippen LogP contribution >= 0.6 is 48.3 Å². The second-order valence-corrected chi connectivity index (χ2v) is 10.6. The Morgan fingerprint density at radius 1 is 0.771 bits per heavy atom. The van der Waals surface area contributed by atoms with Crippen molar-refractivity contribution in [3.8, 4) is 12.0 Å². The number of rotatable bonds is 10. The Hall–Kier alpha value is -0.672. The molecule has 0 spiro atoms. The molecule has 204 valence electrons. The van der Waals surface area contributed by atoms with Gasteiger partial charge in [0.1, 0.15) is 0 Å². The molecule has 0 aromatic carbocycles. The zero-order chi connectivity index (χ0) is 24.3. The molecular weight excluding hydrogens is 714 g/mol. The van der Waals surface area contributed by atoms with Gasteiger partial charge in [0, 0.05) is 48.1 Å². The minimum absolute atomic E-state index is 0. The summed E-state index contributed by atoms with van der Waals surface area (Å²) >= 11 is 3.50. The number of aromatic nitrogens is 4. The molecule has 2 aromatic rings. The Kier molecular flexibility index (Phi) is 22.6. The van der Waals surface area contributed by atoms with E-state index in [0.717, 1.165) is 23.0 Å². The smallest absolute Gasteiger partial charge is 0.846 e. The fourth-order valence-corrected chi connectivity index (χ4v) is 4.45. The van der Waals surface area contributed by atoms with Crippen LogP contribution < -0.4 is 21.3 Å². The average molecular weight is 751 g/mol. The van der Waals surface area contributed by atoms with E-state index in [9.17, 15) is 19.8 Å². The molecule has 35 heavy (non-hydrogen) atoms. The van der Waals surface area contributed by atoms with Crippen LogP contribution in [0.5, 0.6) is 12.0 Å². The van der Waals surface area contributed by atoms with E-state index in [0.29, 0.717) is 36.3 Å². The number of halogens is 2. The predicted molar refractivity (Wildman–Crippen MR) is 144 cm³/mol. The summed E-state index contributed by atoms with van der Waals surface area (Å²) in [5.74, 6) is 4.90. The van der Waals surface area contributed by atoms with Crippen LogP contribution in [0.25, 0.3) is 0 Å². The first-order chi connectivity index (χ1) is 15.0. The van der Waals surface area contributed by atoms with E-state index in [1.165, 1.54) is 21.3 Å². The summed E-state index contributed by atoms with van der Waals surface area (Å²) in [6.45, 7) is 12.8. The summed E-state index contributed by atoms with van der Waals surface area (Å²) in [7, 11) is 0. The first-order valence-corrected chi connectivity index (χ1v) is 13.0. The van der Waals surface area contributed by atoms with Gasteiger partial charge in [-0.15, -0.1) is 24.8 Å². The van der Waals surface area contributed by atoms with Crippen LogP contribution in [0.1, 0.15) is 39.1 Å². The molecule has 0 radical (unpaired) electrons. The fourth-order valence-electron chi connectivity index (χ4n) is 2.55. The van der Waals surface area contributed by atoms with Gasteiger partial charge in [0.25, 0.3) is 11.1 Å². The van der Waals surface area contributed by atoms with E-state index in [4.69, 9.17) is 0 Å². The van der Waals surface area contributed by atoms with E-state index >= 15 is 0 Å². The number of aryl methyl sites for hydroxylation is 2. The minimum Gasteiger partial charge on any atom is -0.846 e. The van der Waals surface area contributed by atoms with Crippen LogP contribution in [0.4, 0.5) is 0 Å². The fraction of sp³-hybridized carbons (Fsp3) is 0.636. The molecule has 2 heterocycles. The van der Waals surface area contributed by atoms with E-state index < -0.39 is 12.0 Å². The molecule has 13 heteroatoms. The summed E-state index contributed by atoms with van der Waals surface area (Å²) in [6, 6.07) is 1.92. The quantitative estimate of drug-likeness (QED) is 0.341. The van der Waals surface area contributed by atoms with Crippen LogP contribution in [-0.2, 0) is 34.2 Å². The number of nitrogens with zero attached hydrogens (tertiary/aromatic N) is 4. The van der Waals surface area contributed by atoms with E-state index in [1.54, 1.807) is 37.4 Å². The SMILES string of the molecule is Cc1cc(=O)n(CCSCC(C)C)c([O-])n1.Cc1cc(=O)n(CCSCC(C)C)c([O-])n1.Cl.Cl.[Pt+2]. The molecule has 0 saturated carbocycles. The summed E-state index contributed by atoms with van der Waals surface area (Å²) in [6.07, 6.45) is 0. The summed E-state index contributed by atoms with van der Waals surface area (Å²) in [5, 5.41) is 22.9. The largest absolute Gasteiger partial charge is 2.00 e. The van der Waals surface area contributed by atoms with Crippen LogP contribution in [0.3, 0.4) is 0 Å². The Balaban J connectivity index is -0.000000539. The van der Waals surface area contributed by atoms with Gasteiger partial charge in [-0.3, -0.25) is 19.6 Å². The number of hydrogen-bond acceptors (Lipinski definition) is 8. The Morgan fingerprint density at radius 2 is 1.09 bits per heavy atom. The molecule has 0 aliphatic rings. The van der Waals surface area contributed by atoms with E-state index in [1.807, 2.05) is 0 Å². The third kappa shape index (κ3) is 15.9. The number of thioether (sulfide) groups is 2. The maximum Gasteiger partial charge on any atom is 2.00 e. The maximum atomic E-state index is 11.5. The van der Waals surface area contributed by atoms with Gasteiger partial charge in [0.05, 0.1) is 12.0 Å². The first-order valence-electron chi connectivity index (χ1n) is 10.7. The van der Waals surface area contributed by atoms with Crippen LogP contribution in [-0.4, -0.2) is 42.1 Å². The Labute approximate surface area is 243 Å². The molecule has 0 aliphatic heterocycles. The zero-order valence-corrected chi connectivity index (χ0v) is 26.5. The van der Waals surface area contributed by atoms with Gasteiger partial charge in [0.15, 0.2) is 0 Å². The van der Waals surface area contributed by atoms with Crippen molar-refractivity contribution in [1.82, 2.24) is 19.1 Å². The van der Waals surface area contributed by atoms with Gasteiger partial charge < -0.3 is 19.3 Å². The average Bonchev–Trinajstić information content (AvgIpc) is 2.65. The molecule has 0 saturated heterocycles. The van der Waals surface area contributed by atoms with Crippen molar-refractivity contribution in [3.63, 3.8) is 0 Å². The Bertz CT molecular complexity index is 898. The van der Waals surface area contributed by atoms with Gasteiger partial charge in [-0.25, -0.2) is 0 Å². The predicted octanol–water partition coefficient (Wildman–Crippen LogP) is 2.87. The van der Waals surface area contributed by atoms with Crippen LogP contribution in [0.2, 0.25) is 0 Å². The van der Waals surface area contributed by atoms with Gasteiger partial charge in [-0.1, -0.05) is 27.7 Å². The molecule has 0 fully saturated rings. The first kappa shape index (κ1) is 38.9. The third-order valence-corrected chi connectivity index (χ3v) is 6.77. The van der Waals surface area contributed by atoms with E-state index in [2.05, 4.69) is 37.7 Å². The maximum absolute atomic E-state index is 11.5. The molecule has 0 amide bonds. The standard InChI is InChI=1S/2C11H18N2O2S.2ClH.Pt/c2*1-8(2)7-16-5-4-13-10(14)6-9(3)12-11(13)15;;;/h2*6,8H,4-5,7H2,1-3H3,(H,12,15);2*1H;/q;;;;+2/p-2. The van der Waals surface area contributed by atoms with Crippen molar-refractivity contribution < 1.29 is 31.3 Å². The van der Waals surface area contributed by atoms with Crippen LogP contribution in [0.15, 0.2) is 21.7 Å². The molecule has 8 nitrogen and oxygen atoms in total. The normalized spacial score (nSPS) is 10.1. The van der Waals surface area contributed by atoms with Crippen molar-refractivity contribution >= 4 is 48.3 Å². The molecule has 2 aromatic heterocycles. The van der Waals surface area contributed by atoms with E-state index in [-0.39, 0.29) is 57.0 Å².